The Kier molecular flexibility index (Phi) is 6.21. The van der Waals surface area contributed by atoms with Crippen LogP contribution in [-0.4, -0.2) is 49.8 Å². The highest BCUT2D eigenvalue weighted by molar-refractivity contribution is 7.92. The quantitative estimate of drug-likeness (QED) is 0.340. The molecule has 2 aromatic heterocycles. The molecule has 1 saturated heterocycles. The summed E-state index contributed by atoms with van der Waals surface area (Å²) in [5.41, 5.74) is 3.94. The van der Waals surface area contributed by atoms with Crippen LogP contribution in [0.5, 0.6) is 0 Å². The summed E-state index contributed by atoms with van der Waals surface area (Å²) in [7, 11) is -1.89. The Bertz CT molecular complexity index is 1430. The third kappa shape index (κ3) is 5.02. The van der Waals surface area contributed by atoms with Crippen LogP contribution in [0.15, 0.2) is 60.8 Å². The molecule has 3 heterocycles. The zero-order valence-electron chi connectivity index (χ0n) is 19.8. The van der Waals surface area contributed by atoms with E-state index in [4.69, 9.17) is 4.98 Å². The Morgan fingerprint density at radius 3 is 2.43 bits per heavy atom. The molecule has 3 N–H and O–H groups in total. The SMILES string of the molecule is CN(c1ccccc1Nc1nc(Nc2ccc(N3CCCCC3)cc2)nc2[nH]ccc12)S(C)(=O)=O. The van der Waals surface area contributed by atoms with Gasteiger partial charge in [-0.2, -0.15) is 9.97 Å². The fraction of sp³-hybridized carbons (Fsp3) is 0.280. The third-order valence-corrected chi connectivity index (χ3v) is 7.45. The number of anilines is 6. The number of fused-ring (bicyclic) bond motifs is 1. The van der Waals surface area contributed by atoms with Crippen LogP contribution in [0, 0.1) is 0 Å². The summed E-state index contributed by atoms with van der Waals surface area (Å²) in [6.45, 7) is 2.20. The van der Waals surface area contributed by atoms with Crippen molar-refractivity contribution >= 4 is 55.6 Å². The molecule has 0 amide bonds. The van der Waals surface area contributed by atoms with Crippen molar-refractivity contribution in [3.8, 4) is 0 Å². The lowest BCUT2D eigenvalue weighted by Gasteiger charge is -2.28. The molecular formula is C25H29N7O2S. The Balaban J connectivity index is 1.42. The van der Waals surface area contributed by atoms with Crippen molar-refractivity contribution in [2.75, 3.05) is 46.2 Å². The molecule has 5 rings (SSSR count). The van der Waals surface area contributed by atoms with Gasteiger partial charge in [-0.1, -0.05) is 12.1 Å². The first kappa shape index (κ1) is 23.0. The number of hydrogen-bond acceptors (Lipinski definition) is 7. The molecule has 1 fully saturated rings. The van der Waals surface area contributed by atoms with Gasteiger partial charge in [-0.05, 0) is 61.7 Å². The number of nitrogens with zero attached hydrogens (tertiary/aromatic N) is 4. The van der Waals surface area contributed by atoms with E-state index in [0.717, 1.165) is 24.2 Å². The number of benzene rings is 2. The molecule has 1 aliphatic heterocycles. The lowest BCUT2D eigenvalue weighted by atomic mass is 10.1. The van der Waals surface area contributed by atoms with E-state index in [1.54, 1.807) is 18.3 Å². The Morgan fingerprint density at radius 2 is 1.69 bits per heavy atom. The molecule has 2 aromatic carbocycles. The van der Waals surface area contributed by atoms with Gasteiger partial charge in [-0.3, -0.25) is 4.31 Å². The van der Waals surface area contributed by atoms with E-state index in [9.17, 15) is 8.42 Å². The molecule has 1 aliphatic rings. The van der Waals surface area contributed by atoms with Gasteiger partial charge in [0.1, 0.15) is 11.5 Å². The molecule has 0 saturated carbocycles. The third-order valence-electron chi connectivity index (χ3n) is 6.25. The predicted octanol–water partition coefficient (Wildman–Crippen LogP) is 4.83. The predicted molar refractivity (Wildman–Crippen MR) is 143 cm³/mol. The molecule has 10 heteroatoms. The fourth-order valence-electron chi connectivity index (χ4n) is 4.29. The number of H-pyrrole nitrogens is 1. The largest absolute Gasteiger partial charge is 0.372 e. The maximum Gasteiger partial charge on any atom is 0.232 e. The molecule has 0 radical (unpaired) electrons. The van der Waals surface area contributed by atoms with E-state index >= 15 is 0 Å². The summed E-state index contributed by atoms with van der Waals surface area (Å²) in [6.07, 6.45) is 6.76. The molecule has 0 spiro atoms. The topological polar surface area (TPSA) is 106 Å². The number of nitrogens with one attached hydrogen (secondary N) is 3. The van der Waals surface area contributed by atoms with Crippen LogP contribution in [0.25, 0.3) is 11.0 Å². The number of sulfonamides is 1. The highest BCUT2D eigenvalue weighted by atomic mass is 32.2. The van der Waals surface area contributed by atoms with Gasteiger partial charge in [0, 0.05) is 37.7 Å². The van der Waals surface area contributed by atoms with E-state index in [2.05, 4.69) is 37.6 Å². The van der Waals surface area contributed by atoms with Crippen molar-refractivity contribution in [2.45, 2.75) is 19.3 Å². The number of aromatic nitrogens is 3. The summed E-state index contributed by atoms with van der Waals surface area (Å²) in [5, 5.41) is 7.40. The molecule has 9 nitrogen and oxygen atoms in total. The average molecular weight is 492 g/mol. The van der Waals surface area contributed by atoms with Crippen molar-refractivity contribution in [3.05, 3.63) is 60.8 Å². The van der Waals surface area contributed by atoms with E-state index in [1.165, 1.54) is 42.6 Å². The van der Waals surface area contributed by atoms with E-state index in [0.29, 0.717) is 28.8 Å². The lowest BCUT2D eigenvalue weighted by molar-refractivity contribution is 0.578. The summed E-state index contributed by atoms with van der Waals surface area (Å²) >= 11 is 0. The Morgan fingerprint density at radius 1 is 0.943 bits per heavy atom. The van der Waals surface area contributed by atoms with Gasteiger partial charge < -0.3 is 20.5 Å². The van der Waals surface area contributed by atoms with Gasteiger partial charge >= 0.3 is 0 Å². The molecule has 35 heavy (non-hydrogen) atoms. The zero-order chi connectivity index (χ0) is 24.4. The Labute approximate surface area is 205 Å². The average Bonchev–Trinajstić information content (AvgIpc) is 3.33. The summed E-state index contributed by atoms with van der Waals surface area (Å²) in [6, 6.07) is 17.4. The summed E-state index contributed by atoms with van der Waals surface area (Å²) in [4.78, 5) is 14.9. The molecule has 0 unspecified atom stereocenters. The molecule has 182 valence electrons. The highest BCUT2D eigenvalue weighted by Gasteiger charge is 2.17. The number of aromatic amines is 1. The number of rotatable bonds is 7. The van der Waals surface area contributed by atoms with Crippen molar-refractivity contribution in [1.82, 2.24) is 15.0 Å². The van der Waals surface area contributed by atoms with Crippen LogP contribution in [-0.2, 0) is 10.0 Å². The standard InChI is InChI=1S/C25H29N7O2S/c1-31(35(2,33)34)22-9-5-4-8-21(22)28-24-20-14-15-26-23(20)29-25(30-24)27-18-10-12-19(13-11-18)32-16-6-3-7-17-32/h4-5,8-15H,3,6-7,16-17H2,1-2H3,(H3,26,27,28,29,30). The summed E-state index contributed by atoms with van der Waals surface area (Å²) in [5.74, 6) is 1.00. The smallest absolute Gasteiger partial charge is 0.232 e. The van der Waals surface area contributed by atoms with Gasteiger partial charge in [-0.15, -0.1) is 0 Å². The number of piperidine rings is 1. The number of para-hydroxylation sites is 2. The van der Waals surface area contributed by atoms with Crippen molar-refractivity contribution in [1.29, 1.82) is 0 Å². The molecule has 0 aliphatic carbocycles. The minimum atomic E-state index is -3.42. The first-order chi connectivity index (χ1) is 16.9. The van der Waals surface area contributed by atoms with Gasteiger partial charge in [-0.25, -0.2) is 8.42 Å². The molecular weight excluding hydrogens is 462 g/mol. The molecule has 0 bridgehead atoms. The minimum absolute atomic E-state index is 0.433. The number of hydrogen-bond donors (Lipinski definition) is 3. The maximum atomic E-state index is 12.1. The van der Waals surface area contributed by atoms with Crippen molar-refractivity contribution in [3.63, 3.8) is 0 Å². The monoisotopic (exact) mass is 491 g/mol. The van der Waals surface area contributed by atoms with Crippen molar-refractivity contribution < 1.29 is 8.42 Å². The first-order valence-corrected chi connectivity index (χ1v) is 13.5. The van der Waals surface area contributed by atoms with Crippen LogP contribution in [0.1, 0.15) is 19.3 Å². The fourth-order valence-corrected chi connectivity index (χ4v) is 4.81. The van der Waals surface area contributed by atoms with Crippen molar-refractivity contribution in [2.24, 2.45) is 0 Å². The van der Waals surface area contributed by atoms with Crippen LogP contribution < -0.4 is 19.8 Å². The van der Waals surface area contributed by atoms with Gasteiger partial charge in [0.15, 0.2) is 0 Å². The molecule has 0 atom stereocenters. The van der Waals surface area contributed by atoms with E-state index in [1.807, 2.05) is 30.3 Å². The minimum Gasteiger partial charge on any atom is -0.372 e. The second-order valence-corrected chi connectivity index (χ2v) is 10.7. The van der Waals surface area contributed by atoms with Gasteiger partial charge in [0.25, 0.3) is 0 Å². The van der Waals surface area contributed by atoms with Crippen LogP contribution in [0.4, 0.5) is 34.5 Å². The lowest BCUT2D eigenvalue weighted by Crippen LogP contribution is -2.29. The maximum absolute atomic E-state index is 12.1. The van der Waals surface area contributed by atoms with Crippen LogP contribution in [0.3, 0.4) is 0 Å². The first-order valence-electron chi connectivity index (χ1n) is 11.7. The van der Waals surface area contributed by atoms with Gasteiger partial charge in [0.2, 0.25) is 16.0 Å². The zero-order valence-corrected chi connectivity index (χ0v) is 20.6. The van der Waals surface area contributed by atoms with E-state index in [-0.39, 0.29) is 0 Å². The molecule has 4 aromatic rings. The van der Waals surface area contributed by atoms with Crippen LogP contribution >= 0.6 is 0 Å². The van der Waals surface area contributed by atoms with Crippen LogP contribution in [0.2, 0.25) is 0 Å². The normalized spacial score (nSPS) is 14.2. The summed E-state index contributed by atoms with van der Waals surface area (Å²) < 4.78 is 25.5. The highest BCUT2D eigenvalue weighted by Crippen LogP contribution is 2.32. The second-order valence-electron chi connectivity index (χ2n) is 8.73. The van der Waals surface area contributed by atoms with E-state index < -0.39 is 10.0 Å². The van der Waals surface area contributed by atoms with Gasteiger partial charge in [0.05, 0.1) is 23.0 Å². The Hall–Kier alpha value is -3.79. The second kappa shape index (κ2) is 9.46.